The Kier molecular flexibility index (Phi) is 3.52. The fourth-order valence-electron chi connectivity index (χ4n) is 3.81. The maximum Gasteiger partial charge on any atom is 0.257 e. The highest BCUT2D eigenvalue weighted by Crippen LogP contribution is 2.35. The Morgan fingerprint density at radius 3 is 2.42 bits per heavy atom. The number of carbonyl (C=O) groups is 1. The van der Waals surface area contributed by atoms with E-state index in [2.05, 4.69) is 4.90 Å². The Labute approximate surface area is 139 Å². The van der Waals surface area contributed by atoms with Crippen LogP contribution in [0, 0.1) is 18.6 Å². The van der Waals surface area contributed by atoms with Crippen LogP contribution < -0.4 is 4.90 Å². The lowest BCUT2D eigenvalue weighted by Crippen LogP contribution is -2.49. The zero-order valence-electron chi connectivity index (χ0n) is 13.4. The molecule has 3 nitrogen and oxygen atoms in total. The maximum atomic E-state index is 14.1. The molecule has 1 unspecified atom stereocenters. The second kappa shape index (κ2) is 5.58. The predicted molar refractivity (Wildman–Crippen MR) is 88.1 cm³/mol. The van der Waals surface area contributed by atoms with Crippen LogP contribution in [0.2, 0.25) is 0 Å². The summed E-state index contributed by atoms with van der Waals surface area (Å²) in [6, 6.07) is 11.4. The third-order valence-electron chi connectivity index (χ3n) is 5.01. The molecule has 4 rings (SSSR count). The molecule has 2 aromatic carbocycles. The first kappa shape index (κ1) is 15.1. The number of likely N-dealkylation sites (tertiary alicyclic amines) is 1. The zero-order valence-corrected chi connectivity index (χ0v) is 13.4. The number of piperazine rings is 1. The molecule has 0 N–H and O–H groups in total. The second-order valence-corrected chi connectivity index (χ2v) is 6.61. The quantitative estimate of drug-likeness (QED) is 0.844. The van der Waals surface area contributed by atoms with Gasteiger partial charge in [0.2, 0.25) is 0 Å². The Bertz CT molecular complexity index is 790. The van der Waals surface area contributed by atoms with Gasteiger partial charge in [-0.15, -0.1) is 0 Å². The van der Waals surface area contributed by atoms with Crippen molar-refractivity contribution in [2.75, 3.05) is 18.0 Å². The molecule has 5 heteroatoms. The lowest BCUT2D eigenvalue weighted by atomic mass is 10.1. The highest BCUT2D eigenvalue weighted by Gasteiger charge is 2.45. The second-order valence-electron chi connectivity index (χ2n) is 6.61. The highest BCUT2D eigenvalue weighted by atomic mass is 19.1. The molecule has 0 saturated carbocycles. The van der Waals surface area contributed by atoms with Crippen LogP contribution in [-0.2, 0) is 0 Å². The Balaban J connectivity index is 1.52. The van der Waals surface area contributed by atoms with E-state index in [1.165, 1.54) is 18.2 Å². The molecule has 0 spiro atoms. The normalized spacial score (nSPS) is 22.3. The molecule has 1 amide bonds. The van der Waals surface area contributed by atoms with Gasteiger partial charge in [0.15, 0.2) is 0 Å². The number of carbonyl (C=O) groups excluding carboxylic acids is 1. The molecule has 0 aromatic heterocycles. The summed E-state index contributed by atoms with van der Waals surface area (Å²) in [6.45, 7) is 3.08. The zero-order chi connectivity index (χ0) is 16.8. The smallest absolute Gasteiger partial charge is 0.257 e. The Morgan fingerprint density at radius 1 is 1.04 bits per heavy atom. The van der Waals surface area contributed by atoms with Crippen molar-refractivity contribution < 1.29 is 13.6 Å². The van der Waals surface area contributed by atoms with Crippen molar-refractivity contribution in [3.8, 4) is 0 Å². The molecule has 2 aromatic rings. The third kappa shape index (κ3) is 2.44. The summed E-state index contributed by atoms with van der Waals surface area (Å²) in [7, 11) is 0. The number of anilines is 1. The van der Waals surface area contributed by atoms with E-state index in [-0.39, 0.29) is 29.4 Å². The SMILES string of the molecule is Cc1ccc(C(=O)N2C[C@@H]3CC2CN3c2ccc(F)cc2)c(F)c1. The van der Waals surface area contributed by atoms with Crippen molar-refractivity contribution in [3.63, 3.8) is 0 Å². The van der Waals surface area contributed by atoms with Gasteiger partial charge in [0.05, 0.1) is 11.6 Å². The molecule has 24 heavy (non-hydrogen) atoms. The molecular formula is C19H18F2N2O. The molecule has 2 aliphatic rings. The summed E-state index contributed by atoms with van der Waals surface area (Å²) >= 11 is 0. The van der Waals surface area contributed by atoms with Crippen LogP contribution in [0.15, 0.2) is 42.5 Å². The number of benzene rings is 2. The summed E-state index contributed by atoms with van der Waals surface area (Å²) in [4.78, 5) is 16.7. The van der Waals surface area contributed by atoms with Gasteiger partial charge in [-0.1, -0.05) is 6.07 Å². The summed E-state index contributed by atoms with van der Waals surface area (Å²) in [5.41, 5.74) is 1.91. The molecule has 2 atom stereocenters. The minimum atomic E-state index is -0.460. The largest absolute Gasteiger partial charge is 0.365 e. The van der Waals surface area contributed by atoms with E-state index in [1.54, 1.807) is 36.1 Å². The first-order chi connectivity index (χ1) is 11.5. The summed E-state index contributed by atoms with van der Waals surface area (Å²) in [5.74, 6) is -0.952. The lowest BCUT2D eigenvalue weighted by Gasteiger charge is -2.35. The fourth-order valence-corrected chi connectivity index (χ4v) is 3.81. The van der Waals surface area contributed by atoms with Crippen LogP contribution in [-0.4, -0.2) is 36.0 Å². The van der Waals surface area contributed by atoms with Crippen LogP contribution in [0.3, 0.4) is 0 Å². The molecule has 124 valence electrons. The minimum absolute atomic E-state index is 0.0771. The summed E-state index contributed by atoms with van der Waals surface area (Å²) < 4.78 is 27.2. The van der Waals surface area contributed by atoms with E-state index < -0.39 is 5.82 Å². The molecule has 2 fully saturated rings. The molecular weight excluding hydrogens is 310 g/mol. The van der Waals surface area contributed by atoms with Crippen molar-refractivity contribution >= 4 is 11.6 Å². The van der Waals surface area contributed by atoms with E-state index in [0.717, 1.165) is 17.7 Å². The first-order valence-electron chi connectivity index (χ1n) is 8.12. The number of amides is 1. The van der Waals surface area contributed by atoms with E-state index in [9.17, 15) is 13.6 Å². The summed E-state index contributed by atoms with van der Waals surface area (Å²) in [5, 5.41) is 0. The van der Waals surface area contributed by atoms with Gasteiger partial charge >= 0.3 is 0 Å². The van der Waals surface area contributed by atoms with Crippen molar-refractivity contribution in [2.45, 2.75) is 25.4 Å². The van der Waals surface area contributed by atoms with Crippen molar-refractivity contribution in [1.82, 2.24) is 4.90 Å². The molecule has 2 bridgehead atoms. The van der Waals surface area contributed by atoms with Crippen LogP contribution in [0.1, 0.15) is 22.3 Å². The number of hydrogen-bond donors (Lipinski definition) is 0. The van der Waals surface area contributed by atoms with Crippen molar-refractivity contribution in [1.29, 1.82) is 0 Å². The van der Waals surface area contributed by atoms with E-state index in [4.69, 9.17) is 0 Å². The van der Waals surface area contributed by atoms with Crippen molar-refractivity contribution in [2.24, 2.45) is 0 Å². The van der Waals surface area contributed by atoms with Gasteiger partial charge in [-0.3, -0.25) is 4.79 Å². The lowest BCUT2D eigenvalue weighted by molar-refractivity contribution is 0.0721. The highest BCUT2D eigenvalue weighted by molar-refractivity contribution is 5.95. The van der Waals surface area contributed by atoms with Crippen LogP contribution >= 0.6 is 0 Å². The van der Waals surface area contributed by atoms with Crippen LogP contribution in [0.5, 0.6) is 0 Å². The van der Waals surface area contributed by atoms with Gasteiger partial charge in [0, 0.05) is 24.8 Å². The molecule has 0 aliphatic carbocycles. The maximum absolute atomic E-state index is 14.1. The number of fused-ring (bicyclic) bond motifs is 2. The van der Waals surface area contributed by atoms with Gasteiger partial charge in [-0.05, 0) is 55.3 Å². The monoisotopic (exact) mass is 328 g/mol. The van der Waals surface area contributed by atoms with Gasteiger partial charge in [0.25, 0.3) is 5.91 Å². The first-order valence-corrected chi connectivity index (χ1v) is 8.12. The van der Waals surface area contributed by atoms with Gasteiger partial charge in [-0.25, -0.2) is 8.78 Å². The molecule has 2 aliphatic heterocycles. The average Bonchev–Trinajstić information content (AvgIpc) is 3.15. The van der Waals surface area contributed by atoms with Crippen LogP contribution in [0.25, 0.3) is 0 Å². The number of nitrogens with zero attached hydrogens (tertiary/aromatic N) is 2. The number of halogens is 2. The number of aryl methyl sites for hydroxylation is 1. The van der Waals surface area contributed by atoms with Gasteiger partial charge < -0.3 is 9.80 Å². The molecule has 2 heterocycles. The molecule has 2 saturated heterocycles. The fraction of sp³-hybridized carbons (Fsp3) is 0.316. The minimum Gasteiger partial charge on any atom is -0.365 e. The third-order valence-corrected chi connectivity index (χ3v) is 5.01. The Morgan fingerprint density at radius 2 is 1.79 bits per heavy atom. The predicted octanol–water partition coefficient (Wildman–Crippen LogP) is 3.38. The van der Waals surface area contributed by atoms with Gasteiger partial charge in [0.1, 0.15) is 11.6 Å². The number of hydrogen-bond acceptors (Lipinski definition) is 2. The Hall–Kier alpha value is -2.43. The van der Waals surface area contributed by atoms with E-state index >= 15 is 0 Å². The standard InChI is InChI=1S/C19H18F2N2O/c1-12-2-7-17(18(21)8-12)19(24)23-11-15-9-16(23)10-22(15)14-5-3-13(20)4-6-14/h2-8,15-16H,9-11H2,1H3/t15-,16?/m0/s1. The van der Waals surface area contributed by atoms with Crippen molar-refractivity contribution in [3.05, 3.63) is 65.2 Å². The van der Waals surface area contributed by atoms with Gasteiger partial charge in [-0.2, -0.15) is 0 Å². The average molecular weight is 328 g/mol. The van der Waals surface area contributed by atoms with E-state index in [1.807, 2.05) is 0 Å². The topological polar surface area (TPSA) is 23.6 Å². The van der Waals surface area contributed by atoms with E-state index in [0.29, 0.717) is 13.1 Å². The molecule has 0 radical (unpaired) electrons. The number of rotatable bonds is 2. The van der Waals surface area contributed by atoms with Crippen LogP contribution in [0.4, 0.5) is 14.5 Å². The summed E-state index contributed by atoms with van der Waals surface area (Å²) in [6.07, 6.45) is 0.872.